The second kappa shape index (κ2) is 6.45. The van der Waals surface area contributed by atoms with Crippen molar-refractivity contribution in [3.8, 4) is 5.75 Å². The summed E-state index contributed by atoms with van der Waals surface area (Å²) in [5.74, 6) is 0.149. The number of benzene rings is 1. The number of ether oxygens (including phenoxy) is 2. The summed E-state index contributed by atoms with van der Waals surface area (Å²) in [6.07, 6.45) is 0.616. The minimum absolute atomic E-state index is 0.0241. The Morgan fingerprint density at radius 2 is 2.33 bits per heavy atom. The van der Waals surface area contributed by atoms with E-state index >= 15 is 0 Å². The molecule has 2 atom stereocenters. The van der Waals surface area contributed by atoms with E-state index in [-0.39, 0.29) is 23.8 Å². The molecule has 7 heteroatoms. The number of nitrogens with one attached hydrogen (secondary N) is 1. The van der Waals surface area contributed by atoms with E-state index in [2.05, 4.69) is 10.5 Å². The van der Waals surface area contributed by atoms with Crippen molar-refractivity contribution in [1.82, 2.24) is 0 Å². The van der Waals surface area contributed by atoms with Crippen LogP contribution in [0, 0.1) is 5.92 Å². The van der Waals surface area contributed by atoms with Gasteiger partial charge in [-0.15, -0.1) is 0 Å². The first-order valence-corrected chi connectivity index (χ1v) is 6.65. The van der Waals surface area contributed by atoms with Crippen LogP contribution in [0.1, 0.15) is 18.9 Å². The molecule has 1 aromatic carbocycles. The van der Waals surface area contributed by atoms with E-state index < -0.39 is 0 Å². The molecule has 114 valence electrons. The van der Waals surface area contributed by atoms with Crippen LogP contribution in [0.15, 0.2) is 23.4 Å². The Hall–Kier alpha value is -2.28. The van der Waals surface area contributed by atoms with Gasteiger partial charge in [0, 0.05) is 12.2 Å². The molecule has 1 amide bonds. The number of carbonyl (C=O) groups excluding carboxylic acids is 1. The molecule has 0 aromatic heterocycles. The van der Waals surface area contributed by atoms with Gasteiger partial charge in [-0.05, 0) is 31.5 Å². The van der Waals surface area contributed by atoms with Crippen molar-refractivity contribution in [2.75, 3.05) is 19.0 Å². The highest BCUT2D eigenvalue weighted by molar-refractivity contribution is 5.99. The first-order valence-electron chi connectivity index (χ1n) is 6.65. The molecule has 2 rings (SSSR count). The van der Waals surface area contributed by atoms with Crippen molar-refractivity contribution in [3.05, 3.63) is 23.8 Å². The van der Waals surface area contributed by atoms with Gasteiger partial charge < -0.3 is 25.7 Å². The third-order valence-corrected chi connectivity index (χ3v) is 3.58. The topological polar surface area (TPSA) is 106 Å². The smallest absolute Gasteiger partial charge is 0.230 e. The predicted molar refractivity (Wildman–Crippen MR) is 77.7 cm³/mol. The van der Waals surface area contributed by atoms with Gasteiger partial charge >= 0.3 is 0 Å². The molecule has 2 unspecified atom stereocenters. The number of nitrogens with zero attached hydrogens (tertiary/aromatic N) is 1. The maximum Gasteiger partial charge on any atom is 0.230 e. The predicted octanol–water partition coefficient (Wildman–Crippen LogP) is 1.15. The minimum Gasteiger partial charge on any atom is -0.495 e. The van der Waals surface area contributed by atoms with E-state index in [1.807, 2.05) is 6.92 Å². The summed E-state index contributed by atoms with van der Waals surface area (Å²) in [6, 6.07) is 4.89. The van der Waals surface area contributed by atoms with Gasteiger partial charge in [0.1, 0.15) is 5.75 Å². The summed E-state index contributed by atoms with van der Waals surface area (Å²) in [4.78, 5) is 12.2. The van der Waals surface area contributed by atoms with Crippen LogP contribution < -0.4 is 15.8 Å². The third-order valence-electron chi connectivity index (χ3n) is 3.58. The largest absolute Gasteiger partial charge is 0.495 e. The molecule has 1 aliphatic heterocycles. The van der Waals surface area contributed by atoms with Crippen molar-refractivity contribution < 1.29 is 19.5 Å². The monoisotopic (exact) mass is 293 g/mol. The maximum atomic E-state index is 12.2. The van der Waals surface area contributed by atoms with Gasteiger partial charge in [-0.1, -0.05) is 5.16 Å². The number of carbonyl (C=O) groups is 1. The molecule has 1 heterocycles. The summed E-state index contributed by atoms with van der Waals surface area (Å²) < 4.78 is 10.6. The van der Waals surface area contributed by atoms with Gasteiger partial charge in [0.05, 0.1) is 24.8 Å². The molecule has 21 heavy (non-hydrogen) atoms. The molecule has 0 aliphatic carbocycles. The quantitative estimate of drug-likeness (QED) is 0.334. The number of hydrogen-bond donors (Lipinski definition) is 3. The van der Waals surface area contributed by atoms with Gasteiger partial charge in [-0.3, -0.25) is 4.79 Å². The fourth-order valence-corrected chi connectivity index (χ4v) is 2.31. The number of nitrogens with two attached hydrogens (primary N) is 1. The molecule has 1 aliphatic rings. The Morgan fingerprint density at radius 1 is 1.57 bits per heavy atom. The molecule has 0 radical (unpaired) electrons. The van der Waals surface area contributed by atoms with Gasteiger partial charge in [0.25, 0.3) is 0 Å². The van der Waals surface area contributed by atoms with Gasteiger partial charge in [0.15, 0.2) is 5.84 Å². The van der Waals surface area contributed by atoms with Gasteiger partial charge in [-0.25, -0.2) is 0 Å². The summed E-state index contributed by atoms with van der Waals surface area (Å²) in [5.41, 5.74) is 6.57. The van der Waals surface area contributed by atoms with Crippen LogP contribution >= 0.6 is 0 Å². The van der Waals surface area contributed by atoms with E-state index in [9.17, 15) is 4.79 Å². The SMILES string of the molecule is COc1cc(/C(N)=N/O)ccc1NC(=O)C1CCOC1C. The Morgan fingerprint density at radius 3 is 2.90 bits per heavy atom. The number of methoxy groups -OCH3 is 1. The first kappa shape index (κ1) is 15.1. The first-order chi connectivity index (χ1) is 10.1. The van der Waals surface area contributed by atoms with E-state index in [1.165, 1.54) is 7.11 Å². The summed E-state index contributed by atoms with van der Waals surface area (Å²) in [7, 11) is 1.49. The molecule has 1 aromatic rings. The van der Waals surface area contributed by atoms with E-state index in [4.69, 9.17) is 20.4 Å². The number of hydrogen-bond acceptors (Lipinski definition) is 5. The second-order valence-electron chi connectivity index (χ2n) is 4.86. The number of oxime groups is 1. The lowest BCUT2D eigenvalue weighted by Gasteiger charge is -2.16. The fourth-order valence-electron chi connectivity index (χ4n) is 2.31. The average molecular weight is 293 g/mol. The van der Waals surface area contributed by atoms with Crippen molar-refractivity contribution in [3.63, 3.8) is 0 Å². The van der Waals surface area contributed by atoms with E-state index in [0.29, 0.717) is 30.0 Å². The van der Waals surface area contributed by atoms with E-state index in [1.54, 1.807) is 18.2 Å². The van der Waals surface area contributed by atoms with Crippen LogP contribution in [0.5, 0.6) is 5.75 Å². The molecular formula is C14H19N3O4. The van der Waals surface area contributed by atoms with Gasteiger partial charge in [-0.2, -0.15) is 0 Å². The summed E-state index contributed by atoms with van der Waals surface area (Å²) in [6.45, 7) is 2.48. The lowest BCUT2D eigenvalue weighted by molar-refractivity contribution is -0.121. The van der Waals surface area contributed by atoms with Crippen molar-refractivity contribution >= 4 is 17.4 Å². The molecule has 7 nitrogen and oxygen atoms in total. The normalized spacial score (nSPS) is 22.1. The minimum atomic E-state index is -0.168. The van der Waals surface area contributed by atoms with Crippen molar-refractivity contribution in [2.45, 2.75) is 19.4 Å². The van der Waals surface area contributed by atoms with Crippen LogP contribution in [-0.4, -0.2) is 36.8 Å². The zero-order valence-electron chi connectivity index (χ0n) is 12.0. The highest BCUT2D eigenvalue weighted by atomic mass is 16.5. The number of anilines is 1. The lowest BCUT2D eigenvalue weighted by atomic mass is 10.0. The average Bonchev–Trinajstić information content (AvgIpc) is 2.93. The van der Waals surface area contributed by atoms with Crippen molar-refractivity contribution in [1.29, 1.82) is 0 Å². The van der Waals surface area contributed by atoms with Gasteiger partial charge in [0.2, 0.25) is 5.91 Å². The van der Waals surface area contributed by atoms with Crippen LogP contribution in [0.2, 0.25) is 0 Å². The Labute approximate surface area is 122 Å². The van der Waals surface area contributed by atoms with Crippen LogP contribution in [0.3, 0.4) is 0 Å². The molecule has 1 fully saturated rings. The van der Waals surface area contributed by atoms with Crippen LogP contribution in [-0.2, 0) is 9.53 Å². The highest BCUT2D eigenvalue weighted by Crippen LogP contribution is 2.28. The highest BCUT2D eigenvalue weighted by Gasteiger charge is 2.31. The maximum absolute atomic E-state index is 12.2. The number of rotatable bonds is 4. The summed E-state index contributed by atoms with van der Waals surface area (Å²) in [5, 5.41) is 14.4. The van der Waals surface area contributed by atoms with Crippen LogP contribution in [0.25, 0.3) is 0 Å². The molecule has 1 saturated heterocycles. The second-order valence-corrected chi connectivity index (χ2v) is 4.86. The zero-order valence-corrected chi connectivity index (χ0v) is 12.0. The molecule has 4 N–H and O–H groups in total. The van der Waals surface area contributed by atoms with E-state index in [0.717, 1.165) is 0 Å². The third kappa shape index (κ3) is 3.25. The van der Waals surface area contributed by atoms with Crippen molar-refractivity contribution in [2.24, 2.45) is 16.8 Å². The Bertz CT molecular complexity index is 559. The fraction of sp³-hybridized carbons (Fsp3) is 0.429. The molecule has 0 bridgehead atoms. The summed E-state index contributed by atoms with van der Waals surface area (Å²) >= 11 is 0. The molecule has 0 spiro atoms. The standard InChI is InChI=1S/C14H19N3O4/c1-8-10(5-6-21-8)14(18)16-11-4-3-9(13(15)17-19)7-12(11)20-2/h3-4,7-8,10,19H,5-6H2,1-2H3,(H2,15,17)(H,16,18). The zero-order chi connectivity index (χ0) is 15.4. The Balaban J connectivity index is 2.18. The lowest BCUT2D eigenvalue weighted by Crippen LogP contribution is -2.28. The van der Waals surface area contributed by atoms with Crippen LogP contribution in [0.4, 0.5) is 5.69 Å². The molecular weight excluding hydrogens is 274 g/mol. The number of amides is 1. The molecule has 0 saturated carbocycles. The number of amidine groups is 1. The Kier molecular flexibility index (Phi) is 4.64.